The molecule has 0 fully saturated rings. The van der Waals surface area contributed by atoms with Crippen LogP contribution in [0.15, 0.2) is 18.3 Å². The fraction of sp³-hybridized carbons (Fsp3) is 0.375. The lowest BCUT2D eigenvalue weighted by molar-refractivity contribution is -0.123. The third-order valence-electron chi connectivity index (χ3n) is 3.59. The minimum atomic E-state index is -0.960. The van der Waals surface area contributed by atoms with Crippen LogP contribution >= 0.6 is 0 Å². The van der Waals surface area contributed by atoms with E-state index in [2.05, 4.69) is 15.4 Å². The average molecular weight is 332 g/mol. The number of methoxy groups -OCH3 is 1. The molecule has 0 aromatic carbocycles. The summed E-state index contributed by atoms with van der Waals surface area (Å²) in [4.78, 5) is 28.2. The number of pyridine rings is 1. The topological polar surface area (TPSA) is 95.3 Å². The molecule has 0 aliphatic carbocycles. The van der Waals surface area contributed by atoms with E-state index in [9.17, 15) is 9.59 Å². The van der Waals surface area contributed by atoms with E-state index in [-0.39, 0.29) is 5.56 Å². The fourth-order valence-electron chi connectivity index (χ4n) is 2.08. The number of aryl methyl sites for hydroxylation is 2. The van der Waals surface area contributed by atoms with Gasteiger partial charge in [-0.15, -0.1) is 0 Å². The fourth-order valence-corrected chi connectivity index (χ4v) is 2.08. The van der Waals surface area contributed by atoms with Crippen LogP contribution in [0, 0.1) is 13.8 Å². The lowest BCUT2D eigenvalue weighted by Crippen LogP contribution is -2.30. The number of anilines is 1. The SMILES string of the molecule is COc1ccc(C(=O)OC(C)C(=O)Nc2c(C)nn(C)c2C)cn1. The number of carbonyl (C=O) groups excluding carboxylic acids is 2. The van der Waals surface area contributed by atoms with E-state index in [1.165, 1.54) is 26.3 Å². The Balaban J connectivity index is 2.01. The van der Waals surface area contributed by atoms with E-state index in [0.717, 1.165) is 5.69 Å². The van der Waals surface area contributed by atoms with Crippen LogP contribution in [0.3, 0.4) is 0 Å². The van der Waals surface area contributed by atoms with Crippen LogP contribution in [0.2, 0.25) is 0 Å². The first-order chi connectivity index (χ1) is 11.3. The summed E-state index contributed by atoms with van der Waals surface area (Å²) in [6.07, 6.45) is 0.375. The predicted octanol–water partition coefficient (Wildman–Crippen LogP) is 1.62. The van der Waals surface area contributed by atoms with E-state index >= 15 is 0 Å². The third kappa shape index (κ3) is 3.70. The Kier molecular flexibility index (Phi) is 5.18. The van der Waals surface area contributed by atoms with Gasteiger partial charge in [-0.05, 0) is 26.8 Å². The number of aromatic nitrogens is 3. The second-order valence-corrected chi connectivity index (χ2v) is 5.30. The van der Waals surface area contributed by atoms with Gasteiger partial charge in [-0.1, -0.05) is 0 Å². The number of amides is 1. The second-order valence-electron chi connectivity index (χ2n) is 5.30. The number of hydrogen-bond acceptors (Lipinski definition) is 6. The number of nitrogens with zero attached hydrogens (tertiary/aromatic N) is 3. The highest BCUT2D eigenvalue weighted by Gasteiger charge is 2.21. The van der Waals surface area contributed by atoms with Crippen LogP contribution in [0.1, 0.15) is 28.7 Å². The Morgan fingerprint density at radius 2 is 2.00 bits per heavy atom. The zero-order valence-corrected chi connectivity index (χ0v) is 14.3. The van der Waals surface area contributed by atoms with Gasteiger partial charge in [-0.25, -0.2) is 9.78 Å². The molecule has 1 amide bonds. The first kappa shape index (κ1) is 17.5. The largest absolute Gasteiger partial charge is 0.481 e. The standard InChI is InChI=1S/C16H20N4O4/c1-9-14(10(2)20(4)19-9)18-15(21)11(3)24-16(22)12-6-7-13(23-5)17-8-12/h6-8,11H,1-5H3,(H,18,21). The van der Waals surface area contributed by atoms with Crippen LogP contribution in [0.4, 0.5) is 5.69 Å². The van der Waals surface area contributed by atoms with Gasteiger partial charge in [-0.3, -0.25) is 9.48 Å². The van der Waals surface area contributed by atoms with Gasteiger partial charge in [-0.2, -0.15) is 5.10 Å². The smallest absolute Gasteiger partial charge is 0.340 e. The van der Waals surface area contributed by atoms with Crippen molar-refractivity contribution in [2.75, 3.05) is 12.4 Å². The summed E-state index contributed by atoms with van der Waals surface area (Å²) in [5.41, 5.74) is 2.38. The maximum absolute atomic E-state index is 12.2. The van der Waals surface area contributed by atoms with Crippen molar-refractivity contribution in [2.45, 2.75) is 26.9 Å². The monoisotopic (exact) mass is 332 g/mol. The highest BCUT2D eigenvalue weighted by Crippen LogP contribution is 2.19. The zero-order valence-electron chi connectivity index (χ0n) is 14.3. The number of nitrogens with one attached hydrogen (secondary N) is 1. The van der Waals surface area contributed by atoms with E-state index in [1.54, 1.807) is 24.7 Å². The highest BCUT2D eigenvalue weighted by molar-refractivity contribution is 5.97. The Hall–Kier alpha value is -2.90. The van der Waals surface area contributed by atoms with E-state index in [4.69, 9.17) is 9.47 Å². The number of esters is 1. The van der Waals surface area contributed by atoms with Gasteiger partial charge >= 0.3 is 5.97 Å². The Labute approximate surface area is 139 Å². The molecule has 1 unspecified atom stereocenters. The van der Waals surface area contributed by atoms with E-state index in [1.807, 2.05) is 6.92 Å². The number of carbonyl (C=O) groups is 2. The van der Waals surface area contributed by atoms with Crippen LogP contribution in [0.5, 0.6) is 5.88 Å². The minimum absolute atomic E-state index is 0.240. The Bertz CT molecular complexity index is 752. The van der Waals surface area contributed by atoms with Gasteiger partial charge in [0.15, 0.2) is 6.10 Å². The number of hydrogen-bond donors (Lipinski definition) is 1. The molecule has 128 valence electrons. The summed E-state index contributed by atoms with van der Waals surface area (Å²) in [6.45, 7) is 5.14. The van der Waals surface area contributed by atoms with Crippen molar-refractivity contribution in [3.63, 3.8) is 0 Å². The van der Waals surface area contributed by atoms with Gasteiger partial charge in [0, 0.05) is 19.3 Å². The van der Waals surface area contributed by atoms with Crippen LogP contribution < -0.4 is 10.1 Å². The van der Waals surface area contributed by atoms with E-state index < -0.39 is 18.0 Å². The molecule has 0 saturated heterocycles. The van der Waals surface area contributed by atoms with Crippen molar-refractivity contribution in [2.24, 2.45) is 7.05 Å². The molecule has 24 heavy (non-hydrogen) atoms. The number of rotatable bonds is 5. The van der Waals surface area contributed by atoms with Crippen molar-refractivity contribution in [1.29, 1.82) is 0 Å². The lowest BCUT2D eigenvalue weighted by atomic mass is 10.2. The highest BCUT2D eigenvalue weighted by atomic mass is 16.5. The quantitative estimate of drug-likeness (QED) is 0.836. The molecule has 1 N–H and O–H groups in total. The molecule has 0 saturated carbocycles. The van der Waals surface area contributed by atoms with Gasteiger partial charge in [0.05, 0.1) is 29.7 Å². The molecule has 0 radical (unpaired) electrons. The van der Waals surface area contributed by atoms with Crippen molar-refractivity contribution < 1.29 is 19.1 Å². The van der Waals surface area contributed by atoms with Crippen LogP contribution in [-0.4, -0.2) is 39.9 Å². The molecule has 0 bridgehead atoms. The summed E-state index contributed by atoms with van der Waals surface area (Å²) in [7, 11) is 3.27. The molecular formula is C16H20N4O4. The Morgan fingerprint density at radius 1 is 1.29 bits per heavy atom. The molecule has 8 nitrogen and oxygen atoms in total. The lowest BCUT2D eigenvalue weighted by Gasteiger charge is -2.13. The predicted molar refractivity (Wildman–Crippen MR) is 87.0 cm³/mol. The molecular weight excluding hydrogens is 312 g/mol. The van der Waals surface area contributed by atoms with Crippen molar-refractivity contribution in [3.8, 4) is 5.88 Å². The van der Waals surface area contributed by atoms with Crippen molar-refractivity contribution in [3.05, 3.63) is 35.3 Å². The van der Waals surface area contributed by atoms with Crippen molar-refractivity contribution in [1.82, 2.24) is 14.8 Å². The van der Waals surface area contributed by atoms with Gasteiger partial charge < -0.3 is 14.8 Å². The van der Waals surface area contributed by atoms with Gasteiger partial charge in [0.2, 0.25) is 5.88 Å². The van der Waals surface area contributed by atoms with Crippen molar-refractivity contribution >= 4 is 17.6 Å². The molecule has 2 rings (SSSR count). The molecule has 2 heterocycles. The summed E-state index contributed by atoms with van der Waals surface area (Å²) in [6, 6.07) is 3.07. The average Bonchev–Trinajstić information content (AvgIpc) is 2.81. The third-order valence-corrected chi connectivity index (χ3v) is 3.59. The molecule has 8 heteroatoms. The summed E-state index contributed by atoms with van der Waals surface area (Å²) < 4.78 is 11.8. The molecule has 0 spiro atoms. The number of ether oxygens (including phenoxy) is 2. The molecule has 2 aromatic heterocycles. The van der Waals surface area contributed by atoms with Crippen LogP contribution in [0.25, 0.3) is 0 Å². The summed E-state index contributed by atoms with van der Waals surface area (Å²) in [5.74, 6) is -0.670. The maximum atomic E-state index is 12.2. The van der Waals surface area contributed by atoms with Gasteiger partial charge in [0.1, 0.15) is 0 Å². The van der Waals surface area contributed by atoms with E-state index in [0.29, 0.717) is 17.3 Å². The molecule has 2 aromatic rings. The first-order valence-corrected chi connectivity index (χ1v) is 7.35. The summed E-state index contributed by atoms with van der Waals surface area (Å²) >= 11 is 0. The minimum Gasteiger partial charge on any atom is -0.481 e. The molecule has 0 aliphatic rings. The molecule has 1 atom stereocenters. The molecule has 0 aliphatic heterocycles. The normalized spacial score (nSPS) is 11.7. The Morgan fingerprint density at radius 3 is 2.50 bits per heavy atom. The maximum Gasteiger partial charge on any atom is 0.340 e. The zero-order chi connectivity index (χ0) is 17.9. The van der Waals surface area contributed by atoms with Crippen LogP contribution in [-0.2, 0) is 16.6 Å². The first-order valence-electron chi connectivity index (χ1n) is 7.35. The summed E-state index contributed by atoms with van der Waals surface area (Å²) in [5, 5.41) is 6.96. The van der Waals surface area contributed by atoms with Gasteiger partial charge in [0.25, 0.3) is 5.91 Å². The second kappa shape index (κ2) is 7.12.